The highest BCUT2D eigenvalue weighted by Crippen LogP contribution is 2.20. The maximum atomic E-state index is 12.7. The third-order valence-corrected chi connectivity index (χ3v) is 2.47. The topological polar surface area (TPSA) is 62.2 Å². The summed E-state index contributed by atoms with van der Waals surface area (Å²) < 4.78 is 12.7. The predicted molar refractivity (Wildman–Crippen MR) is 65.9 cm³/mol. The summed E-state index contributed by atoms with van der Waals surface area (Å²) in [7, 11) is 0. The number of hydrogen-bond donors (Lipinski definition) is 2. The lowest BCUT2D eigenvalue weighted by atomic mass is 10.3. The summed E-state index contributed by atoms with van der Waals surface area (Å²) in [5.41, 5.74) is 0.367. The number of pyridine rings is 1. The average Bonchev–Trinajstić information content (AvgIpc) is 2.34. The van der Waals surface area contributed by atoms with E-state index in [1.165, 1.54) is 36.4 Å². The molecule has 0 saturated heterocycles. The molecular formula is C12H8ClFN2O2. The minimum atomic E-state index is -1.21. The lowest BCUT2D eigenvalue weighted by molar-refractivity contribution is 0.0691. The number of carboxylic acid groups (broad SMARTS) is 1. The smallest absolute Gasteiger partial charge is 0.356 e. The van der Waals surface area contributed by atoms with Gasteiger partial charge in [-0.15, -0.1) is 0 Å². The van der Waals surface area contributed by atoms with Crippen LogP contribution in [-0.2, 0) is 0 Å². The lowest BCUT2D eigenvalue weighted by Gasteiger charge is -2.06. The van der Waals surface area contributed by atoms with Crippen molar-refractivity contribution in [1.29, 1.82) is 0 Å². The number of rotatable bonds is 3. The summed E-state index contributed by atoms with van der Waals surface area (Å²) in [5, 5.41) is 11.8. The van der Waals surface area contributed by atoms with Gasteiger partial charge in [-0.05, 0) is 36.4 Å². The van der Waals surface area contributed by atoms with Gasteiger partial charge in [0.2, 0.25) is 0 Å². The van der Waals surface area contributed by atoms with Crippen LogP contribution in [0, 0.1) is 5.82 Å². The van der Waals surface area contributed by atoms with E-state index in [2.05, 4.69) is 10.3 Å². The van der Waals surface area contributed by atoms with Crippen molar-refractivity contribution in [3.8, 4) is 0 Å². The number of halogens is 2. The Morgan fingerprint density at radius 2 is 1.89 bits per heavy atom. The summed E-state index contributed by atoms with van der Waals surface area (Å²) in [6.07, 6.45) is 0. The number of aromatic carboxylic acids is 1. The Kier molecular flexibility index (Phi) is 3.43. The molecule has 0 aliphatic carbocycles. The van der Waals surface area contributed by atoms with Crippen LogP contribution in [0.25, 0.3) is 0 Å². The van der Waals surface area contributed by atoms with E-state index in [0.717, 1.165) is 0 Å². The number of hydrogen-bond acceptors (Lipinski definition) is 3. The van der Waals surface area contributed by atoms with Crippen LogP contribution in [0.2, 0.25) is 5.02 Å². The van der Waals surface area contributed by atoms with Crippen molar-refractivity contribution in [2.24, 2.45) is 0 Å². The van der Waals surface area contributed by atoms with Gasteiger partial charge in [0.15, 0.2) is 5.69 Å². The van der Waals surface area contributed by atoms with Crippen molar-refractivity contribution in [3.05, 3.63) is 52.9 Å². The van der Waals surface area contributed by atoms with Gasteiger partial charge < -0.3 is 10.4 Å². The van der Waals surface area contributed by atoms with E-state index in [1.54, 1.807) is 0 Å². The second-order valence-electron chi connectivity index (χ2n) is 3.46. The molecule has 1 aromatic heterocycles. The van der Waals surface area contributed by atoms with Crippen molar-refractivity contribution >= 4 is 29.1 Å². The lowest BCUT2D eigenvalue weighted by Crippen LogP contribution is -2.04. The standard InChI is InChI=1S/C12H8ClFN2O2/c13-9-5-6-10(16-11(9)12(17)18)15-8-3-1-7(14)2-4-8/h1-6H,(H,15,16)(H,17,18). The normalized spacial score (nSPS) is 10.1. The number of anilines is 2. The number of carbonyl (C=O) groups is 1. The molecule has 0 amide bonds. The van der Waals surface area contributed by atoms with E-state index in [4.69, 9.17) is 16.7 Å². The van der Waals surface area contributed by atoms with Gasteiger partial charge in [0.1, 0.15) is 11.6 Å². The van der Waals surface area contributed by atoms with Gasteiger partial charge in [0.25, 0.3) is 0 Å². The van der Waals surface area contributed by atoms with Crippen molar-refractivity contribution in [1.82, 2.24) is 4.98 Å². The monoisotopic (exact) mass is 266 g/mol. The highest BCUT2D eigenvalue weighted by atomic mass is 35.5. The second-order valence-corrected chi connectivity index (χ2v) is 3.87. The van der Waals surface area contributed by atoms with Crippen LogP contribution in [0.1, 0.15) is 10.5 Å². The fourth-order valence-electron chi connectivity index (χ4n) is 1.34. The van der Waals surface area contributed by atoms with Crippen LogP contribution in [0.15, 0.2) is 36.4 Å². The molecule has 1 aromatic carbocycles. The van der Waals surface area contributed by atoms with Crippen LogP contribution < -0.4 is 5.32 Å². The molecule has 92 valence electrons. The molecule has 2 N–H and O–H groups in total. The number of aromatic nitrogens is 1. The number of nitrogens with one attached hydrogen (secondary N) is 1. The van der Waals surface area contributed by atoms with E-state index in [0.29, 0.717) is 11.5 Å². The highest BCUT2D eigenvalue weighted by Gasteiger charge is 2.11. The molecule has 6 heteroatoms. The number of carboxylic acids is 1. The molecule has 0 atom stereocenters. The molecule has 0 aliphatic heterocycles. The van der Waals surface area contributed by atoms with Crippen molar-refractivity contribution < 1.29 is 14.3 Å². The molecule has 0 aliphatic rings. The van der Waals surface area contributed by atoms with Crippen LogP contribution in [-0.4, -0.2) is 16.1 Å². The number of nitrogens with zero attached hydrogens (tertiary/aromatic N) is 1. The van der Waals surface area contributed by atoms with E-state index in [9.17, 15) is 9.18 Å². The van der Waals surface area contributed by atoms with Gasteiger partial charge in [0.05, 0.1) is 5.02 Å². The summed E-state index contributed by atoms with van der Waals surface area (Å²) in [5.74, 6) is -1.23. The quantitative estimate of drug-likeness (QED) is 0.895. The highest BCUT2D eigenvalue weighted by molar-refractivity contribution is 6.33. The summed E-state index contributed by atoms with van der Waals surface area (Å²) >= 11 is 5.69. The molecule has 2 aromatic rings. The molecule has 0 unspecified atom stereocenters. The zero-order valence-corrected chi connectivity index (χ0v) is 9.78. The number of benzene rings is 1. The third-order valence-electron chi connectivity index (χ3n) is 2.17. The van der Waals surface area contributed by atoms with Gasteiger partial charge in [-0.2, -0.15) is 0 Å². The first-order valence-electron chi connectivity index (χ1n) is 4.98. The molecule has 0 bridgehead atoms. The van der Waals surface area contributed by atoms with Gasteiger partial charge in [-0.3, -0.25) is 0 Å². The fourth-order valence-corrected chi connectivity index (χ4v) is 1.53. The first kappa shape index (κ1) is 12.3. The third kappa shape index (κ3) is 2.75. The maximum Gasteiger partial charge on any atom is 0.356 e. The molecule has 4 nitrogen and oxygen atoms in total. The zero-order valence-electron chi connectivity index (χ0n) is 9.02. The van der Waals surface area contributed by atoms with Gasteiger partial charge in [-0.25, -0.2) is 14.2 Å². The summed E-state index contributed by atoms with van der Waals surface area (Å²) in [6, 6.07) is 8.59. The molecular weight excluding hydrogens is 259 g/mol. The predicted octanol–water partition coefficient (Wildman–Crippen LogP) is 3.32. The van der Waals surface area contributed by atoms with E-state index < -0.39 is 5.97 Å². The Morgan fingerprint density at radius 1 is 1.22 bits per heavy atom. The molecule has 0 saturated carbocycles. The van der Waals surface area contributed by atoms with E-state index in [-0.39, 0.29) is 16.5 Å². The molecule has 0 radical (unpaired) electrons. The van der Waals surface area contributed by atoms with E-state index >= 15 is 0 Å². The largest absolute Gasteiger partial charge is 0.476 e. The van der Waals surface area contributed by atoms with Crippen molar-refractivity contribution in [2.75, 3.05) is 5.32 Å². The summed E-state index contributed by atoms with van der Waals surface area (Å²) in [4.78, 5) is 14.7. The molecule has 18 heavy (non-hydrogen) atoms. The maximum absolute atomic E-state index is 12.7. The van der Waals surface area contributed by atoms with Crippen molar-refractivity contribution in [3.63, 3.8) is 0 Å². The minimum absolute atomic E-state index is 0.0622. The Balaban J connectivity index is 2.27. The Labute approximate surface area is 107 Å². The van der Waals surface area contributed by atoms with Crippen LogP contribution in [0.4, 0.5) is 15.9 Å². The zero-order chi connectivity index (χ0) is 13.1. The molecule has 0 spiro atoms. The molecule has 0 fully saturated rings. The van der Waals surface area contributed by atoms with Crippen LogP contribution >= 0.6 is 11.6 Å². The SMILES string of the molecule is O=C(O)c1nc(Nc2ccc(F)cc2)ccc1Cl. The van der Waals surface area contributed by atoms with Gasteiger partial charge in [0, 0.05) is 5.69 Å². The second kappa shape index (κ2) is 5.01. The van der Waals surface area contributed by atoms with Crippen LogP contribution in [0.5, 0.6) is 0 Å². The van der Waals surface area contributed by atoms with Gasteiger partial charge >= 0.3 is 5.97 Å². The minimum Gasteiger partial charge on any atom is -0.476 e. The fraction of sp³-hybridized carbons (Fsp3) is 0. The van der Waals surface area contributed by atoms with Gasteiger partial charge in [-0.1, -0.05) is 11.6 Å². The molecule has 1 heterocycles. The average molecular weight is 267 g/mol. The first-order valence-corrected chi connectivity index (χ1v) is 5.36. The first-order chi connectivity index (χ1) is 8.56. The Morgan fingerprint density at radius 3 is 2.50 bits per heavy atom. The molecule has 2 rings (SSSR count). The van der Waals surface area contributed by atoms with Crippen LogP contribution in [0.3, 0.4) is 0 Å². The van der Waals surface area contributed by atoms with E-state index in [1.807, 2.05) is 0 Å². The Bertz CT molecular complexity index is 587. The Hall–Kier alpha value is -2.14. The summed E-state index contributed by atoms with van der Waals surface area (Å²) in [6.45, 7) is 0. The van der Waals surface area contributed by atoms with Crippen molar-refractivity contribution in [2.45, 2.75) is 0 Å².